The van der Waals surface area contributed by atoms with Gasteiger partial charge in [-0.15, -0.1) is 0 Å². The van der Waals surface area contributed by atoms with E-state index in [-0.39, 0.29) is 5.54 Å². The van der Waals surface area contributed by atoms with Gasteiger partial charge in [0, 0.05) is 0 Å². The van der Waals surface area contributed by atoms with Crippen LogP contribution in [0.3, 0.4) is 0 Å². The third kappa shape index (κ3) is 3.99. The monoisotopic (exact) mass is 207 g/mol. The van der Waals surface area contributed by atoms with Crippen LogP contribution in [-0.4, -0.2) is 11.1 Å². The second-order valence-corrected chi connectivity index (χ2v) is 5.43. The molecule has 1 saturated carbocycles. The van der Waals surface area contributed by atoms with Gasteiger partial charge in [0.25, 0.3) is 0 Å². The zero-order chi connectivity index (χ0) is 11.4. The lowest BCUT2D eigenvalue weighted by Gasteiger charge is -2.20. The molecule has 0 radical (unpaired) electrons. The molecule has 0 unspecified atom stereocenters. The first-order valence-corrected chi connectivity index (χ1v) is 5.83. The highest BCUT2D eigenvalue weighted by Gasteiger charge is 2.31. The van der Waals surface area contributed by atoms with Crippen LogP contribution in [0.1, 0.15) is 59.3 Å². The summed E-state index contributed by atoms with van der Waals surface area (Å²) in [5, 5.41) is 17.9. The van der Waals surface area contributed by atoms with Crippen LogP contribution in [0.25, 0.3) is 0 Å². The van der Waals surface area contributed by atoms with E-state index in [2.05, 4.69) is 16.3 Å². The van der Waals surface area contributed by atoms with Crippen molar-refractivity contribution < 1.29 is 0 Å². The fourth-order valence-electron chi connectivity index (χ4n) is 1.79. The number of hydrogen-bond donors (Lipinski definition) is 0. The summed E-state index contributed by atoms with van der Waals surface area (Å²) in [7, 11) is 0. The van der Waals surface area contributed by atoms with Crippen LogP contribution in [-0.2, 0) is 0 Å². The van der Waals surface area contributed by atoms with E-state index in [0.29, 0.717) is 0 Å². The van der Waals surface area contributed by atoms with Gasteiger partial charge in [-0.1, -0.05) is 12.8 Å². The normalized spacial score (nSPS) is 22.3. The third-order valence-electron chi connectivity index (χ3n) is 2.68. The Labute approximate surface area is 92.6 Å². The van der Waals surface area contributed by atoms with Crippen molar-refractivity contribution in [3.05, 3.63) is 0 Å². The average molecular weight is 207 g/mol. The van der Waals surface area contributed by atoms with E-state index in [1.54, 1.807) is 0 Å². The summed E-state index contributed by atoms with van der Waals surface area (Å²) < 4.78 is 0. The summed E-state index contributed by atoms with van der Waals surface area (Å²) in [4.78, 5) is 0. The van der Waals surface area contributed by atoms with Crippen LogP contribution in [0.4, 0.5) is 0 Å². The van der Waals surface area contributed by atoms with Crippen LogP contribution < -0.4 is 0 Å². The summed E-state index contributed by atoms with van der Waals surface area (Å²) in [6.45, 7) is 6.04. The molecule has 0 bridgehead atoms. The second kappa shape index (κ2) is 4.74. The average Bonchev–Trinajstić information content (AvgIpc) is 2.40. The number of nitrogens with zero attached hydrogens (tertiary/aromatic N) is 3. The number of azo groups is 1. The molecule has 3 heteroatoms. The lowest BCUT2D eigenvalue weighted by molar-refractivity contribution is 0.415. The van der Waals surface area contributed by atoms with Gasteiger partial charge < -0.3 is 0 Å². The Morgan fingerprint density at radius 2 is 1.60 bits per heavy atom. The van der Waals surface area contributed by atoms with Gasteiger partial charge in [0.15, 0.2) is 5.54 Å². The highest BCUT2D eigenvalue weighted by molar-refractivity contribution is 5.07. The molecule has 1 rings (SSSR count). The van der Waals surface area contributed by atoms with Crippen molar-refractivity contribution >= 4 is 0 Å². The van der Waals surface area contributed by atoms with Gasteiger partial charge in [-0.3, -0.25) is 0 Å². The highest BCUT2D eigenvalue weighted by Crippen LogP contribution is 2.31. The van der Waals surface area contributed by atoms with Gasteiger partial charge in [0.2, 0.25) is 0 Å². The zero-order valence-electron chi connectivity index (χ0n) is 10.1. The fraction of sp³-hybridized carbons (Fsp3) is 0.917. The van der Waals surface area contributed by atoms with Gasteiger partial charge in [-0.05, 0) is 46.5 Å². The molecular weight excluding hydrogens is 186 g/mol. The van der Waals surface area contributed by atoms with Crippen LogP contribution in [0.5, 0.6) is 0 Å². The lowest BCUT2D eigenvalue weighted by atomic mass is 9.93. The quantitative estimate of drug-likeness (QED) is 0.476. The summed E-state index contributed by atoms with van der Waals surface area (Å²) in [5.41, 5.74) is -0.695. The molecular formula is C12H21N3. The van der Waals surface area contributed by atoms with E-state index in [9.17, 15) is 5.26 Å². The first-order chi connectivity index (χ1) is 6.97. The molecule has 0 aliphatic heterocycles. The molecule has 0 heterocycles. The SMILES string of the molecule is CC(C)(C)/N=N/C1(C#N)CCCCCC1. The van der Waals surface area contributed by atoms with Crippen molar-refractivity contribution in [2.24, 2.45) is 10.2 Å². The van der Waals surface area contributed by atoms with E-state index >= 15 is 0 Å². The molecule has 0 saturated heterocycles. The molecule has 0 atom stereocenters. The minimum absolute atomic E-state index is 0.170. The number of nitriles is 1. The Kier molecular flexibility index (Phi) is 3.84. The van der Waals surface area contributed by atoms with Crippen molar-refractivity contribution in [1.29, 1.82) is 5.26 Å². The Balaban J connectivity index is 2.76. The van der Waals surface area contributed by atoms with Crippen molar-refractivity contribution in [2.75, 3.05) is 0 Å². The van der Waals surface area contributed by atoms with Crippen molar-refractivity contribution in [1.82, 2.24) is 0 Å². The predicted molar refractivity (Wildman–Crippen MR) is 60.7 cm³/mol. The molecule has 15 heavy (non-hydrogen) atoms. The van der Waals surface area contributed by atoms with Gasteiger partial charge in [0.1, 0.15) is 0 Å². The van der Waals surface area contributed by atoms with Crippen LogP contribution >= 0.6 is 0 Å². The van der Waals surface area contributed by atoms with E-state index in [0.717, 1.165) is 25.7 Å². The molecule has 0 aromatic heterocycles. The van der Waals surface area contributed by atoms with E-state index < -0.39 is 5.54 Å². The minimum Gasteiger partial charge on any atom is -0.196 e. The Morgan fingerprint density at radius 3 is 2.00 bits per heavy atom. The predicted octanol–water partition coefficient (Wildman–Crippen LogP) is 3.85. The summed E-state index contributed by atoms with van der Waals surface area (Å²) in [6.07, 6.45) is 6.43. The van der Waals surface area contributed by atoms with Gasteiger partial charge >= 0.3 is 0 Å². The van der Waals surface area contributed by atoms with Crippen molar-refractivity contribution in [2.45, 2.75) is 70.4 Å². The Morgan fingerprint density at radius 1 is 1.07 bits per heavy atom. The van der Waals surface area contributed by atoms with Gasteiger partial charge in [0.05, 0.1) is 11.6 Å². The van der Waals surface area contributed by atoms with E-state index in [1.807, 2.05) is 20.8 Å². The molecule has 1 aliphatic rings. The van der Waals surface area contributed by atoms with E-state index in [1.165, 1.54) is 12.8 Å². The summed E-state index contributed by atoms with van der Waals surface area (Å²) >= 11 is 0. The van der Waals surface area contributed by atoms with Crippen molar-refractivity contribution in [3.8, 4) is 6.07 Å². The minimum atomic E-state index is -0.524. The number of hydrogen-bond acceptors (Lipinski definition) is 3. The molecule has 0 N–H and O–H groups in total. The molecule has 0 aromatic carbocycles. The molecule has 1 aliphatic carbocycles. The zero-order valence-corrected chi connectivity index (χ0v) is 10.1. The topological polar surface area (TPSA) is 48.5 Å². The maximum Gasteiger partial charge on any atom is 0.167 e. The van der Waals surface area contributed by atoms with Gasteiger partial charge in [-0.25, -0.2) is 0 Å². The maximum absolute atomic E-state index is 9.26. The van der Waals surface area contributed by atoms with E-state index in [4.69, 9.17) is 0 Å². The van der Waals surface area contributed by atoms with Crippen LogP contribution in [0.15, 0.2) is 10.2 Å². The molecule has 1 fully saturated rings. The maximum atomic E-state index is 9.26. The van der Waals surface area contributed by atoms with Crippen molar-refractivity contribution in [3.63, 3.8) is 0 Å². The second-order valence-electron chi connectivity index (χ2n) is 5.43. The van der Waals surface area contributed by atoms with Crippen LogP contribution in [0.2, 0.25) is 0 Å². The lowest BCUT2D eigenvalue weighted by Crippen LogP contribution is -2.24. The highest BCUT2D eigenvalue weighted by atomic mass is 15.2. The third-order valence-corrected chi connectivity index (χ3v) is 2.68. The standard InChI is InChI=1S/C12H21N3/c1-11(2,3)14-15-12(10-13)8-6-4-5-7-9-12/h4-9H2,1-3H3/b15-14+. The smallest absolute Gasteiger partial charge is 0.167 e. The Bertz CT molecular complexity index is 260. The molecule has 3 nitrogen and oxygen atoms in total. The summed E-state index contributed by atoms with van der Waals surface area (Å²) in [5.74, 6) is 0. The van der Waals surface area contributed by atoms with Gasteiger partial charge in [-0.2, -0.15) is 15.5 Å². The summed E-state index contributed by atoms with van der Waals surface area (Å²) in [6, 6.07) is 2.37. The fourth-order valence-corrected chi connectivity index (χ4v) is 1.79. The first-order valence-electron chi connectivity index (χ1n) is 5.83. The Hall–Kier alpha value is -0.910. The van der Waals surface area contributed by atoms with Crippen LogP contribution in [0, 0.1) is 11.3 Å². The largest absolute Gasteiger partial charge is 0.196 e. The number of rotatable bonds is 1. The molecule has 0 aromatic rings. The first kappa shape index (κ1) is 12.2. The molecule has 0 spiro atoms. The molecule has 0 amide bonds. The molecule has 84 valence electrons.